The molecule has 0 bridgehead atoms. The van der Waals surface area contributed by atoms with Crippen LogP contribution in [0.25, 0.3) is 0 Å². The van der Waals surface area contributed by atoms with Crippen LogP contribution in [0.4, 0.5) is 0 Å². The fourth-order valence-corrected chi connectivity index (χ4v) is 0.281. The summed E-state index contributed by atoms with van der Waals surface area (Å²) in [5, 5.41) is 0. The van der Waals surface area contributed by atoms with Gasteiger partial charge in [-0.2, -0.15) is 0 Å². The molecular formula is C3H4BNO. The summed E-state index contributed by atoms with van der Waals surface area (Å²) in [6, 6.07) is 0. The van der Waals surface area contributed by atoms with Crippen LogP contribution < -0.4 is 0 Å². The molecule has 1 aliphatic rings. The molecule has 0 atom stereocenters. The zero-order chi connectivity index (χ0) is 4.24. The third-order valence-corrected chi connectivity index (χ3v) is 0.515. The van der Waals surface area contributed by atoms with Gasteiger partial charge in [0, 0.05) is 6.21 Å². The maximum atomic E-state index is 4.69. The van der Waals surface area contributed by atoms with E-state index in [1.807, 2.05) is 0 Å². The van der Waals surface area contributed by atoms with Crippen molar-refractivity contribution in [2.45, 2.75) is 0 Å². The molecule has 3 heteroatoms. The molecule has 1 heterocycles. The highest BCUT2D eigenvalue weighted by Crippen LogP contribution is 1.78. The van der Waals surface area contributed by atoms with Crippen LogP contribution >= 0.6 is 0 Å². The van der Waals surface area contributed by atoms with Crippen LogP contribution in [0.5, 0.6) is 0 Å². The number of hydrogen-bond donors (Lipinski definition) is 0. The van der Waals surface area contributed by atoms with Gasteiger partial charge in [0.05, 0.1) is 6.26 Å². The molecule has 0 aromatic rings. The van der Waals surface area contributed by atoms with E-state index in [1.165, 1.54) is 0 Å². The normalized spacial score (nSPS) is 16.0. The van der Waals surface area contributed by atoms with Crippen molar-refractivity contribution in [3.63, 3.8) is 0 Å². The number of rotatable bonds is 0. The summed E-state index contributed by atoms with van der Waals surface area (Å²) in [6.45, 7) is 0. The van der Waals surface area contributed by atoms with E-state index < -0.39 is 0 Å². The van der Waals surface area contributed by atoms with Gasteiger partial charge in [0.15, 0.2) is 0 Å². The van der Waals surface area contributed by atoms with E-state index in [0.717, 1.165) is 0 Å². The molecule has 30 valence electrons. The first-order valence-electron chi connectivity index (χ1n) is 1.77. The van der Waals surface area contributed by atoms with Crippen molar-refractivity contribution < 1.29 is 4.65 Å². The van der Waals surface area contributed by atoms with E-state index in [0.29, 0.717) is 7.62 Å². The van der Waals surface area contributed by atoms with Gasteiger partial charge in [-0.15, -0.1) is 0 Å². The minimum atomic E-state index is 0.483. The molecule has 0 saturated heterocycles. The first kappa shape index (κ1) is 3.46. The van der Waals surface area contributed by atoms with Gasteiger partial charge in [0.1, 0.15) is 0 Å². The Kier molecular flexibility index (Phi) is 0.951. The molecule has 0 radical (unpaired) electrons. The third kappa shape index (κ3) is 0.609. The summed E-state index contributed by atoms with van der Waals surface area (Å²) in [5.74, 6) is 0. The minimum Gasteiger partial charge on any atom is -0.549 e. The van der Waals surface area contributed by atoms with Crippen LogP contribution in [0.3, 0.4) is 0 Å². The van der Waals surface area contributed by atoms with E-state index in [2.05, 4.69) is 4.90 Å². The Labute approximate surface area is 36.8 Å². The molecule has 1 aliphatic heterocycles. The molecule has 1 rings (SSSR count). The van der Waals surface area contributed by atoms with Crippen LogP contribution in [-0.2, 0) is 4.65 Å². The number of hydrogen-bond acceptors (Lipinski definition) is 2. The maximum Gasteiger partial charge on any atom is 0.482 e. The molecule has 2 nitrogen and oxygen atoms in total. The molecular weight excluding hydrogens is 76.9 g/mol. The predicted molar refractivity (Wildman–Crippen MR) is 25.9 cm³/mol. The quantitative estimate of drug-likeness (QED) is 0.372. The lowest BCUT2D eigenvalue weighted by atomic mass is 10.3. The molecule has 0 amide bonds. The van der Waals surface area contributed by atoms with Crippen LogP contribution in [0.1, 0.15) is 0 Å². The molecule has 0 spiro atoms. The van der Waals surface area contributed by atoms with Gasteiger partial charge in [0.25, 0.3) is 0 Å². The standard InChI is InChI=1S/C3H4BNO/c1-2-5-4-6-3-1/h1-4H. The summed E-state index contributed by atoms with van der Waals surface area (Å²) in [7, 11) is 0.483. The van der Waals surface area contributed by atoms with Crippen LogP contribution in [0.2, 0.25) is 0 Å². The zero-order valence-corrected chi connectivity index (χ0v) is 3.29. The predicted octanol–water partition coefficient (Wildman–Crippen LogP) is -0.132. The lowest BCUT2D eigenvalue weighted by Gasteiger charge is -1.92. The minimum absolute atomic E-state index is 0.483. The topological polar surface area (TPSA) is 21.6 Å². The Hall–Kier alpha value is -0.725. The molecule has 6 heavy (non-hydrogen) atoms. The highest BCUT2D eigenvalue weighted by Gasteiger charge is 1.82. The maximum absolute atomic E-state index is 4.69. The van der Waals surface area contributed by atoms with Crippen molar-refractivity contribution in [3.05, 3.63) is 12.3 Å². The third-order valence-electron chi connectivity index (χ3n) is 0.515. The van der Waals surface area contributed by atoms with Crippen LogP contribution in [0.15, 0.2) is 17.2 Å². The largest absolute Gasteiger partial charge is 0.549 e. The van der Waals surface area contributed by atoms with Crippen molar-refractivity contribution in [1.29, 1.82) is 0 Å². The van der Waals surface area contributed by atoms with Crippen LogP contribution in [-0.4, -0.2) is 13.8 Å². The molecule has 0 aromatic heterocycles. The highest BCUT2D eigenvalue weighted by molar-refractivity contribution is 6.28. The second-order valence-electron chi connectivity index (χ2n) is 0.956. The Balaban J connectivity index is 2.46. The first-order valence-corrected chi connectivity index (χ1v) is 1.77. The van der Waals surface area contributed by atoms with Crippen molar-refractivity contribution in [2.75, 3.05) is 0 Å². The smallest absolute Gasteiger partial charge is 0.482 e. The molecule has 0 saturated carbocycles. The van der Waals surface area contributed by atoms with Gasteiger partial charge in [-0.1, -0.05) is 0 Å². The highest BCUT2D eigenvalue weighted by atomic mass is 16.4. The second-order valence-corrected chi connectivity index (χ2v) is 0.956. The Morgan fingerprint density at radius 3 is 2.83 bits per heavy atom. The monoisotopic (exact) mass is 81.0 g/mol. The van der Waals surface area contributed by atoms with Gasteiger partial charge in [-0.05, 0) is 6.08 Å². The van der Waals surface area contributed by atoms with Crippen LogP contribution in [0, 0.1) is 0 Å². The fourth-order valence-electron chi connectivity index (χ4n) is 0.281. The van der Waals surface area contributed by atoms with Crippen molar-refractivity contribution >= 4 is 13.8 Å². The van der Waals surface area contributed by atoms with E-state index in [4.69, 9.17) is 4.65 Å². The average Bonchev–Trinajstić information content (AvgIpc) is 1.72. The fraction of sp³-hybridized carbons (Fsp3) is 0. The SMILES string of the molecule is B1N=CC=CO1. The van der Waals surface area contributed by atoms with E-state index in [1.54, 1.807) is 18.6 Å². The van der Waals surface area contributed by atoms with Gasteiger partial charge >= 0.3 is 7.62 Å². The van der Waals surface area contributed by atoms with Crippen molar-refractivity contribution in [2.24, 2.45) is 4.90 Å². The molecule has 0 unspecified atom stereocenters. The van der Waals surface area contributed by atoms with E-state index in [-0.39, 0.29) is 0 Å². The average molecular weight is 80.9 g/mol. The molecule has 0 fully saturated rings. The lowest BCUT2D eigenvalue weighted by Crippen LogP contribution is -1.91. The Bertz CT molecular complexity index is 76.8. The summed E-state index contributed by atoms with van der Waals surface area (Å²) >= 11 is 0. The van der Waals surface area contributed by atoms with E-state index in [9.17, 15) is 0 Å². The summed E-state index contributed by atoms with van der Waals surface area (Å²) in [4.78, 5) is 3.74. The lowest BCUT2D eigenvalue weighted by molar-refractivity contribution is 0.514. The molecule has 0 aromatic carbocycles. The van der Waals surface area contributed by atoms with E-state index >= 15 is 0 Å². The second kappa shape index (κ2) is 1.65. The summed E-state index contributed by atoms with van der Waals surface area (Å²) in [6.07, 6.45) is 5.08. The molecule has 0 aliphatic carbocycles. The zero-order valence-electron chi connectivity index (χ0n) is 3.29. The van der Waals surface area contributed by atoms with Gasteiger partial charge in [0.2, 0.25) is 0 Å². The van der Waals surface area contributed by atoms with Crippen molar-refractivity contribution in [1.82, 2.24) is 0 Å². The first-order chi connectivity index (χ1) is 3.00. The number of nitrogens with zero attached hydrogens (tertiary/aromatic N) is 1. The van der Waals surface area contributed by atoms with Gasteiger partial charge in [-0.25, -0.2) is 0 Å². The van der Waals surface area contributed by atoms with Crippen molar-refractivity contribution in [3.8, 4) is 0 Å². The van der Waals surface area contributed by atoms with Gasteiger partial charge < -0.3 is 9.56 Å². The summed E-state index contributed by atoms with van der Waals surface area (Å²) < 4.78 is 4.69. The Morgan fingerprint density at radius 2 is 2.67 bits per heavy atom. The Morgan fingerprint density at radius 1 is 1.67 bits per heavy atom. The molecule has 0 N–H and O–H groups in total. The van der Waals surface area contributed by atoms with Gasteiger partial charge in [-0.3, -0.25) is 0 Å². The number of allylic oxidation sites excluding steroid dienone is 1. The summed E-state index contributed by atoms with van der Waals surface area (Å²) in [5.41, 5.74) is 0.